The summed E-state index contributed by atoms with van der Waals surface area (Å²) < 4.78 is 12.7. The van der Waals surface area contributed by atoms with Crippen LogP contribution in [-0.4, -0.2) is 43.4 Å². The van der Waals surface area contributed by atoms with Crippen molar-refractivity contribution in [3.63, 3.8) is 0 Å². The van der Waals surface area contributed by atoms with Crippen LogP contribution in [0.25, 0.3) is 0 Å². The third-order valence-electron chi connectivity index (χ3n) is 2.82. The van der Waals surface area contributed by atoms with Gasteiger partial charge in [-0.25, -0.2) is 4.39 Å². The molecule has 1 aliphatic heterocycles. The van der Waals surface area contributed by atoms with Crippen LogP contribution in [0, 0.1) is 5.82 Å². The highest BCUT2D eigenvalue weighted by molar-refractivity contribution is 6.00. The quantitative estimate of drug-likeness (QED) is 0.755. The van der Waals surface area contributed by atoms with E-state index < -0.39 is 0 Å². The Morgan fingerprint density at radius 3 is 2.75 bits per heavy atom. The lowest BCUT2D eigenvalue weighted by Gasteiger charge is -2.29. The van der Waals surface area contributed by atoms with E-state index in [-0.39, 0.29) is 17.6 Å². The average Bonchev–Trinajstić information content (AvgIpc) is 2.29. The number of Topliss-reactive ketones (excluding diaryl/α,β-unsaturated/α-hetero) is 1. The Balaban J connectivity index is 2.09. The third-order valence-corrected chi connectivity index (χ3v) is 2.82. The molecule has 1 unspecified atom stereocenters. The zero-order valence-electron chi connectivity index (χ0n) is 9.24. The van der Waals surface area contributed by atoms with Crippen LogP contribution in [0.1, 0.15) is 10.4 Å². The van der Waals surface area contributed by atoms with Gasteiger partial charge in [0.15, 0.2) is 5.78 Å². The van der Waals surface area contributed by atoms with Crippen molar-refractivity contribution in [1.82, 2.24) is 10.2 Å². The lowest BCUT2D eigenvalue weighted by Crippen LogP contribution is -2.52. The molecule has 0 saturated carbocycles. The van der Waals surface area contributed by atoms with E-state index in [1.54, 1.807) is 0 Å². The minimum absolute atomic E-state index is 0.0338. The maximum absolute atomic E-state index is 12.7. The Labute approximate surface area is 94.3 Å². The Bertz CT molecular complexity index is 377. The summed E-state index contributed by atoms with van der Waals surface area (Å²) in [5, 5.41) is 3.18. The molecule has 0 amide bonds. The van der Waals surface area contributed by atoms with E-state index in [2.05, 4.69) is 10.2 Å². The fourth-order valence-corrected chi connectivity index (χ4v) is 1.89. The van der Waals surface area contributed by atoms with Crippen molar-refractivity contribution < 1.29 is 9.18 Å². The Kier molecular flexibility index (Phi) is 3.31. The van der Waals surface area contributed by atoms with Gasteiger partial charge >= 0.3 is 0 Å². The normalized spacial score (nSPS) is 22.0. The number of nitrogens with one attached hydrogen (secondary N) is 1. The highest BCUT2D eigenvalue weighted by Gasteiger charge is 2.24. The molecule has 1 fully saturated rings. The van der Waals surface area contributed by atoms with E-state index in [1.165, 1.54) is 24.3 Å². The molecule has 3 nitrogen and oxygen atoms in total. The molecule has 2 rings (SSSR count). The Morgan fingerprint density at radius 2 is 2.12 bits per heavy atom. The van der Waals surface area contributed by atoms with Gasteiger partial charge in [0.05, 0.1) is 6.04 Å². The molecule has 0 spiro atoms. The lowest BCUT2D eigenvalue weighted by molar-refractivity contribution is 0.0894. The highest BCUT2D eigenvalue weighted by atomic mass is 19.1. The maximum atomic E-state index is 12.7. The van der Waals surface area contributed by atoms with Gasteiger partial charge in [-0.1, -0.05) is 0 Å². The van der Waals surface area contributed by atoms with Gasteiger partial charge in [0.1, 0.15) is 5.82 Å². The molecule has 0 bridgehead atoms. The predicted octanol–water partition coefficient (Wildman–Crippen LogP) is 0.912. The number of ketones is 1. The summed E-state index contributed by atoms with van der Waals surface area (Å²) in [6.45, 7) is 2.47. The standard InChI is InChI=1S/C12H15FN2O/c1-15-7-6-14-11(8-15)12(16)9-2-4-10(13)5-3-9/h2-5,11,14H,6-8H2,1H3. The first kappa shape index (κ1) is 11.2. The molecular formula is C12H15FN2O. The van der Waals surface area contributed by atoms with Gasteiger partial charge in [-0.15, -0.1) is 0 Å². The molecule has 86 valence electrons. The smallest absolute Gasteiger partial charge is 0.181 e. The van der Waals surface area contributed by atoms with E-state index in [4.69, 9.17) is 0 Å². The van der Waals surface area contributed by atoms with Gasteiger partial charge in [-0.2, -0.15) is 0 Å². The third kappa shape index (κ3) is 2.46. The predicted molar refractivity (Wildman–Crippen MR) is 60.0 cm³/mol. The summed E-state index contributed by atoms with van der Waals surface area (Å²) in [4.78, 5) is 14.2. The number of piperazine rings is 1. The molecule has 4 heteroatoms. The molecule has 1 aromatic rings. The van der Waals surface area contributed by atoms with Gasteiger partial charge in [0.2, 0.25) is 0 Å². The molecular weight excluding hydrogens is 207 g/mol. The molecule has 0 aromatic heterocycles. The van der Waals surface area contributed by atoms with Gasteiger partial charge in [0, 0.05) is 25.2 Å². The monoisotopic (exact) mass is 222 g/mol. The lowest BCUT2D eigenvalue weighted by atomic mass is 10.0. The number of benzene rings is 1. The van der Waals surface area contributed by atoms with Gasteiger partial charge in [-0.05, 0) is 31.3 Å². The molecule has 16 heavy (non-hydrogen) atoms. The van der Waals surface area contributed by atoms with Crippen molar-refractivity contribution in [2.24, 2.45) is 0 Å². The van der Waals surface area contributed by atoms with E-state index in [1.807, 2.05) is 7.05 Å². The van der Waals surface area contributed by atoms with Crippen molar-refractivity contribution >= 4 is 5.78 Å². The first-order valence-corrected chi connectivity index (χ1v) is 5.38. The minimum atomic E-state index is -0.315. The molecule has 1 aromatic carbocycles. The number of hydrogen-bond donors (Lipinski definition) is 1. The molecule has 1 atom stereocenters. The summed E-state index contributed by atoms with van der Waals surface area (Å²) in [5.41, 5.74) is 0.564. The fourth-order valence-electron chi connectivity index (χ4n) is 1.89. The summed E-state index contributed by atoms with van der Waals surface area (Å²) in [6, 6.07) is 5.53. The van der Waals surface area contributed by atoms with E-state index in [0.29, 0.717) is 12.1 Å². The van der Waals surface area contributed by atoms with Gasteiger partial charge < -0.3 is 10.2 Å². The molecule has 1 aliphatic rings. The number of rotatable bonds is 2. The van der Waals surface area contributed by atoms with E-state index >= 15 is 0 Å². The van der Waals surface area contributed by atoms with Gasteiger partial charge in [0.25, 0.3) is 0 Å². The van der Waals surface area contributed by atoms with Crippen LogP contribution in [0.15, 0.2) is 24.3 Å². The zero-order valence-corrected chi connectivity index (χ0v) is 9.24. The average molecular weight is 222 g/mol. The molecule has 0 radical (unpaired) electrons. The van der Waals surface area contributed by atoms with Crippen molar-refractivity contribution in [2.75, 3.05) is 26.7 Å². The summed E-state index contributed by atoms with van der Waals surface area (Å²) >= 11 is 0. The highest BCUT2D eigenvalue weighted by Crippen LogP contribution is 2.08. The minimum Gasteiger partial charge on any atom is -0.305 e. The maximum Gasteiger partial charge on any atom is 0.181 e. The number of carbonyl (C=O) groups is 1. The summed E-state index contributed by atoms with van der Waals surface area (Å²) in [7, 11) is 1.99. The second kappa shape index (κ2) is 4.72. The van der Waals surface area contributed by atoms with Crippen LogP contribution >= 0.6 is 0 Å². The number of carbonyl (C=O) groups excluding carboxylic acids is 1. The van der Waals surface area contributed by atoms with Crippen LogP contribution in [-0.2, 0) is 0 Å². The van der Waals surface area contributed by atoms with E-state index in [0.717, 1.165) is 13.1 Å². The van der Waals surface area contributed by atoms with Crippen LogP contribution in [0.3, 0.4) is 0 Å². The van der Waals surface area contributed by atoms with Crippen molar-refractivity contribution in [2.45, 2.75) is 6.04 Å². The number of hydrogen-bond acceptors (Lipinski definition) is 3. The Hall–Kier alpha value is -1.26. The van der Waals surface area contributed by atoms with Crippen molar-refractivity contribution in [1.29, 1.82) is 0 Å². The number of halogens is 1. The van der Waals surface area contributed by atoms with Crippen LogP contribution < -0.4 is 5.32 Å². The zero-order chi connectivity index (χ0) is 11.5. The SMILES string of the molecule is CN1CCNC(C(=O)c2ccc(F)cc2)C1. The van der Waals surface area contributed by atoms with E-state index in [9.17, 15) is 9.18 Å². The summed E-state index contributed by atoms with van der Waals surface area (Å²) in [5.74, 6) is -0.281. The largest absolute Gasteiger partial charge is 0.305 e. The first-order chi connectivity index (χ1) is 7.66. The topological polar surface area (TPSA) is 32.3 Å². The second-order valence-corrected chi connectivity index (χ2v) is 4.14. The van der Waals surface area contributed by atoms with Gasteiger partial charge in [-0.3, -0.25) is 4.79 Å². The van der Waals surface area contributed by atoms with Crippen molar-refractivity contribution in [3.8, 4) is 0 Å². The molecule has 1 heterocycles. The fraction of sp³-hybridized carbons (Fsp3) is 0.417. The van der Waals surface area contributed by atoms with Crippen LogP contribution in [0.2, 0.25) is 0 Å². The first-order valence-electron chi connectivity index (χ1n) is 5.38. The van der Waals surface area contributed by atoms with Crippen molar-refractivity contribution in [3.05, 3.63) is 35.6 Å². The van der Waals surface area contributed by atoms with Crippen LogP contribution in [0.5, 0.6) is 0 Å². The molecule has 1 N–H and O–H groups in total. The van der Waals surface area contributed by atoms with Crippen LogP contribution in [0.4, 0.5) is 4.39 Å². The summed E-state index contributed by atoms with van der Waals surface area (Å²) in [6.07, 6.45) is 0. The number of nitrogens with zero attached hydrogens (tertiary/aromatic N) is 1. The second-order valence-electron chi connectivity index (χ2n) is 4.14. The molecule has 1 saturated heterocycles. The number of likely N-dealkylation sites (N-methyl/N-ethyl adjacent to an activating group) is 1. The Morgan fingerprint density at radius 1 is 1.44 bits per heavy atom. The molecule has 0 aliphatic carbocycles.